The van der Waals surface area contributed by atoms with Crippen molar-refractivity contribution >= 4 is 17.4 Å². The molecule has 2 unspecified atom stereocenters. The zero-order chi connectivity index (χ0) is 22.0. The molecule has 0 aliphatic carbocycles. The number of Topliss-reactive ketones (excluding diaryl/α,β-unsaturated/α-hetero) is 1. The third kappa shape index (κ3) is 3.89. The van der Waals surface area contributed by atoms with Gasteiger partial charge in [0.05, 0.1) is 31.9 Å². The molecule has 1 amide bonds. The maximum atomic E-state index is 12.9. The van der Waals surface area contributed by atoms with Gasteiger partial charge in [-0.15, -0.1) is 0 Å². The number of aliphatic hydroxyl groups is 2. The van der Waals surface area contributed by atoms with Crippen LogP contribution in [0.25, 0.3) is 5.76 Å². The fraction of sp³-hybridized carbons (Fsp3) is 0.304. The van der Waals surface area contributed by atoms with Gasteiger partial charge in [0.25, 0.3) is 11.7 Å². The summed E-state index contributed by atoms with van der Waals surface area (Å²) in [5, 5.41) is 20.9. The number of rotatable bonds is 6. The lowest BCUT2D eigenvalue weighted by Crippen LogP contribution is -2.35. The highest BCUT2D eigenvalue weighted by Crippen LogP contribution is 2.42. The standard InChI is InChI=1S/C23H25NO6/c1-13-5-7-15(8-6-13)21(26)19-20(24(12-14(2)25)23(28)22(19)27)16-9-10-17(29-3)18(11-16)30-4/h5-11,14,20,25-26H,12H2,1-4H3/b21-19-. The highest BCUT2D eigenvalue weighted by atomic mass is 16.5. The van der Waals surface area contributed by atoms with Crippen LogP contribution in [0, 0.1) is 6.92 Å². The lowest BCUT2D eigenvalue weighted by atomic mass is 9.94. The molecule has 1 fully saturated rings. The molecule has 0 spiro atoms. The van der Waals surface area contributed by atoms with E-state index in [4.69, 9.17) is 9.47 Å². The summed E-state index contributed by atoms with van der Waals surface area (Å²) in [7, 11) is 3.00. The molecule has 0 bridgehead atoms. The topological polar surface area (TPSA) is 96.3 Å². The van der Waals surface area contributed by atoms with Gasteiger partial charge in [-0.2, -0.15) is 0 Å². The van der Waals surface area contributed by atoms with Crippen molar-refractivity contribution in [3.63, 3.8) is 0 Å². The van der Waals surface area contributed by atoms with Crippen LogP contribution < -0.4 is 9.47 Å². The number of carbonyl (C=O) groups is 2. The van der Waals surface area contributed by atoms with E-state index in [0.717, 1.165) is 5.56 Å². The van der Waals surface area contributed by atoms with Crippen LogP contribution in [0.15, 0.2) is 48.0 Å². The van der Waals surface area contributed by atoms with Crippen LogP contribution >= 0.6 is 0 Å². The number of methoxy groups -OCH3 is 2. The predicted molar refractivity (Wildman–Crippen MR) is 111 cm³/mol. The van der Waals surface area contributed by atoms with Gasteiger partial charge in [0.2, 0.25) is 0 Å². The van der Waals surface area contributed by atoms with Crippen LogP contribution in [0.1, 0.15) is 29.7 Å². The van der Waals surface area contributed by atoms with Gasteiger partial charge in [0.15, 0.2) is 11.5 Å². The fourth-order valence-corrected chi connectivity index (χ4v) is 3.59. The van der Waals surface area contributed by atoms with Crippen molar-refractivity contribution in [2.75, 3.05) is 20.8 Å². The molecule has 1 aliphatic heterocycles. The van der Waals surface area contributed by atoms with Crippen LogP contribution in [0.4, 0.5) is 0 Å². The van der Waals surface area contributed by atoms with Crippen LogP contribution in [-0.4, -0.2) is 53.7 Å². The largest absolute Gasteiger partial charge is 0.507 e. The number of β-amino-alcohol motifs (C(OH)–C–C–N with tert-alkyl or cyclic N) is 1. The lowest BCUT2D eigenvalue weighted by molar-refractivity contribution is -0.140. The van der Waals surface area contributed by atoms with E-state index in [1.807, 2.05) is 19.1 Å². The van der Waals surface area contributed by atoms with Gasteiger partial charge in [-0.3, -0.25) is 9.59 Å². The Morgan fingerprint density at radius 3 is 2.27 bits per heavy atom. The monoisotopic (exact) mass is 411 g/mol. The Hall–Kier alpha value is -3.32. The molecule has 30 heavy (non-hydrogen) atoms. The van der Waals surface area contributed by atoms with E-state index in [9.17, 15) is 19.8 Å². The van der Waals surface area contributed by atoms with Crippen LogP contribution in [0.5, 0.6) is 11.5 Å². The number of ketones is 1. The number of hydrogen-bond acceptors (Lipinski definition) is 6. The highest BCUT2D eigenvalue weighted by Gasteiger charge is 2.46. The minimum atomic E-state index is -0.874. The van der Waals surface area contributed by atoms with E-state index in [0.29, 0.717) is 22.6 Å². The number of ether oxygens (including phenoxy) is 2. The molecule has 7 heteroatoms. The van der Waals surface area contributed by atoms with Crippen molar-refractivity contribution in [1.29, 1.82) is 0 Å². The molecule has 0 saturated carbocycles. The fourth-order valence-electron chi connectivity index (χ4n) is 3.59. The average molecular weight is 411 g/mol. The summed E-state index contributed by atoms with van der Waals surface area (Å²) in [6.07, 6.45) is -0.856. The zero-order valence-electron chi connectivity index (χ0n) is 17.4. The third-order valence-corrected chi connectivity index (χ3v) is 5.05. The van der Waals surface area contributed by atoms with E-state index in [1.54, 1.807) is 30.3 Å². The molecule has 2 N–H and O–H groups in total. The van der Waals surface area contributed by atoms with E-state index < -0.39 is 23.8 Å². The Balaban J connectivity index is 2.21. The third-order valence-electron chi connectivity index (χ3n) is 5.05. The van der Waals surface area contributed by atoms with Crippen molar-refractivity contribution in [1.82, 2.24) is 4.90 Å². The van der Waals surface area contributed by atoms with Crippen molar-refractivity contribution in [3.8, 4) is 11.5 Å². The summed E-state index contributed by atoms with van der Waals surface area (Å²) < 4.78 is 10.6. The second-order valence-electron chi connectivity index (χ2n) is 7.28. The summed E-state index contributed by atoms with van der Waals surface area (Å²) in [5.41, 5.74) is 1.96. The zero-order valence-corrected chi connectivity index (χ0v) is 17.4. The first-order valence-electron chi connectivity index (χ1n) is 9.54. The van der Waals surface area contributed by atoms with Crippen molar-refractivity contribution in [3.05, 3.63) is 64.7 Å². The molecular formula is C23H25NO6. The first kappa shape index (κ1) is 21.4. The van der Waals surface area contributed by atoms with Gasteiger partial charge in [0.1, 0.15) is 5.76 Å². The Morgan fingerprint density at radius 1 is 1.07 bits per heavy atom. The Morgan fingerprint density at radius 2 is 1.70 bits per heavy atom. The van der Waals surface area contributed by atoms with Crippen molar-refractivity contribution in [2.45, 2.75) is 26.0 Å². The summed E-state index contributed by atoms with van der Waals surface area (Å²) >= 11 is 0. The molecule has 1 saturated heterocycles. The molecule has 158 valence electrons. The normalized spacial score (nSPS) is 19.1. The Labute approximate surface area is 175 Å². The second-order valence-corrected chi connectivity index (χ2v) is 7.28. The lowest BCUT2D eigenvalue weighted by Gasteiger charge is -2.27. The number of carbonyl (C=O) groups excluding carboxylic acids is 2. The van der Waals surface area contributed by atoms with E-state index >= 15 is 0 Å². The van der Waals surface area contributed by atoms with Gasteiger partial charge >= 0.3 is 0 Å². The minimum Gasteiger partial charge on any atom is -0.507 e. The summed E-state index contributed by atoms with van der Waals surface area (Å²) in [4.78, 5) is 26.9. The Kier molecular flexibility index (Phi) is 6.12. The summed E-state index contributed by atoms with van der Waals surface area (Å²) in [6.45, 7) is 3.38. The summed E-state index contributed by atoms with van der Waals surface area (Å²) in [5.74, 6) is -0.917. The number of aliphatic hydroxyl groups excluding tert-OH is 2. The number of amides is 1. The van der Waals surface area contributed by atoms with E-state index in [2.05, 4.69) is 0 Å². The molecule has 1 heterocycles. The average Bonchev–Trinajstić information content (AvgIpc) is 2.97. The molecule has 3 rings (SSSR count). The first-order chi connectivity index (χ1) is 14.3. The quantitative estimate of drug-likeness (QED) is 0.431. The number of benzene rings is 2. The number of likely N-dealkylation sites (tertiary alicyclic amines) is 1. The predicted octanol–water partition coefficient (Wildman–Crippen LogP) is 2.81. The van der Waals surface area contributed by atoms with Gasteiger partial charge in [0, 0.05) is 12.1 Å². The summed E-state index contributed by atoms with van der Waals surface area (Å²) in [6, 6.07) is 11.2. The molecule has 7 nitrogen and oxygen atoms in total. The first-order valence-corrected chi connectivity index (χ1v) is 9.54. The maximum absolute atomic E-state index is 12.9. The highest BCUT2D eigenvalue weighted by molar-refractivity contribution is 6.46. The van der Waals surface area contributed by atoms with Crippen LogP contribution in [0.3, 0.4) is 0 Å². The van der Waals surface area contributed by atoms with Gasteiger partial charge in [-0.25, -0.2) is 0 Å². The minimum absolute atomic E-state index is 0.0308. The molecule has 1 aliphatic rings. The second kappa shape index (κ2) is 8.59. The molecular weight excluding hydrogens is 386 g/mol. The van der Waals surface area contributed by atoms with Crippen molar-refractivity contribution < 1.29 is 29.3 Å². The van der Waals surface area contributed by atoms with Crippen LogP contribution in [0.2, 0.25) is 0 Å². The number of aryl methyl sites for hydroxylation is 1. The van der Waals surface area contributed by atoms with Crippen molar-refractivity contribution in [2.24, 2.45) is 0 Å². The maximum Gasteiger partial charge on any atom is 0.295 e. The van der Waals surface area contributed by atoms with Gasteiger partial charge < -0.3 is 24.6 Å². The molecule has 0 radical (unpaired) electrons. The molecule has 2 aromatic carbocycles. The van der Waals surface area contributed by atoms with Crippen LogP contribution in [-0.2, 0) is 9.59 Å². The van der Waals surface area contributed by atoms with Gasteiger partial charge in [-0.1, -0.05) is 35.9 Å². The smallest absolute Gasteiger partial charge is 0.295 e. The number of hydrogen-bond donors (Lipinski definition) is 2. The Bertz CT molecular complexity index is 993. The van der Waals surface area contributed by atoms with Gasteiger partial charge in [-0.05, 0) is 31.5 Å². The van der Waals surface area contributed by atoms with E-state index in [1.165, 1.54) is 26.0 Å². The molecule has 2 aromatic rings. The number of nitrogens with zero attached hydrogens (tertiary/aromatic N) is 1. The molecule has 0 aromatic heterocycles. The molecule has 2 atom stereocenters. The van der Waals surface area contributed by atoms with E-state index in [-0.39, 0.29) is 17.9 Å². The SMILES string of the molecule is COc1ccc(C2/C(=C(/O)c3ccc(C)cc3)C(=O)C(=O)N2CC(C)O)cc1OC.